The van der Waals surface area contributed by atoms with Gasteiger partial charge in [-0.15, -0.1) is 0 Å². The Morgan fingerprint density at radius 3 is 2.19 bits per heavy atom. The number of primary amides is 1. The lowest BCUT2D eigenvalue weighted by molar-refractivity contribution is -0.162. The number of anilines is 1. The van der Waals surface area contributed by atoms with Gasteiger partial charge in [-0.1, -0.05) is 189 Å². The number of epoxide rings is 1. The first-order chi connectivity index (χ1) is 61.6. The molecule has 4 heterocycles. The predicted molar refractivity (Wildman–Crippen MR) is 496 cm³/mol. The Labute approximate surface area is 771 Å². The number of amides is 10. The monoisotopic (exact) mass is 1870 g/mol. The van der Waals surface area contributed by atoms with E-state index in [1.807, 2.05) is 104 Å². The van der Waals surface area contributed by atoms with Gasteiger partial charge in [0.2, 0.25) is 53.2 Å². The highest BCUT2D eigenvalue weighted by Crippen LogP contribution is 2.50. The third-order valence-corrected chi connectivity index (χ3v) is 28.9. The van der Waals surface area contributed by atoms with Crippen LogP contribution in [0.4, 0.5) is 10.5 Å². The maximum absolute atomic E-state index is 15.5. The van der Waals surface area contributed by atoms with E-state index >= 15 is 19.2 Å². The third kappa shape index (κ3) is 28.0. The lowest BCUT2D eigenvalue weighted by Gasteiger charge is -2.42. The zero-order valence-corrected chi connectivity index (χ0v) is 77.6. The number of aliphatic hydroxyl groups excluding tert-OH is 1. The molecule has 37 heteroatoms. The Morgan fingerprint density at radius 2 is 1.50 bits per heavy atom. The molecule has 696 valence electrons. The molecule has 5 aliphatic rings. The number of hydrogen-bond donors (Lipinski definition) is 13. The number of carbonyl (C=O) groups excluding carboxylic acids is 12. The van der Waals surface area contributed by atoms with Gasteiger partial charge in [0.25, 0.3) is 0 Å². The number of unbranched alkanes of at least 4 members (excludes halogenated alkanes) is 1. The number of nitrogens with zero attached hydrogens (tertiary/aromatic N) is 2. The molecule has 0 spiro atoms. The van der Waals surface area contributed by atoms with E-state index in [1.54, 1.807) is 50.3 Å². The molecule has 10 rings (SSSR count). The van der Waals surface area contributed by atoms with E-state index < -0.39 is 186 Å². The molecular formula is C92H117ClN12O20S4. The minimum absolute atomic E-state index is 0.0422. The Balaban J connectivity index is 0.864. The Bertz CT molecular complexity index is 4910. The maximum Gasteiger partial charge on any atom is 0.409 e. The van der Waals surface area contributed by atoms with Crippen molar-refractivity contribution in [3.63, 3.8) is 0 Å². The van der Waals surface area contributed by atoms with Gasteiger partial charge in [-0.05, 0) is 142 Å². The molecule has 0 radical (unpaired) electrons. The first-order valence-corrected chi connectivity index (χ1v) is 48.2. The van der Waals surface area contributed by atoms with Crippen LogP contribution in [-0.2, 0) is 104 Å². The van der Waals surface area contributed by atoms with Crippen molar-refractivity contribution in [2.75, 3.05) is 62.8 Å². The van der Waals surface area contributed by atoms with Crippen LogP contribution in [0.2, 0.25) is 5.02 Å². The third-order valence-electron chi connectivity index (χ3n) is 23.7. The molecule has 5 aromatic carbocycles. The highest BCUT2D eigenvalue weighted by molar-refractivity contribution is 8.77. The number of nitrogens with two attached hydrogens (primary N) is 2. The molecule has 129 heavy (non-hydrogen) atoms. The minimum Gasteiger partial charge on any atom is -0.508 e. The number of methoxy groups -OCH3 is 2. The second-order valence-electron chi connectivity index (χ2n) is 33.2. The number of benzene rings is 5. The average molecular weight is 1870 g/mol. The molecule has 15 N–H and O–H groups in total. The number of halogens is 1. The van der Waals surface area contributed by atoms with Crippen LogP contribution >= 0.6 is 54.8 Å². The number of Topliss-reactive ketones (excluding diaryl/α,β-unsaturated/α-hetero) is 1. The van der Waals surface area contributed by atoms with Crippen LogP contribution in [0.25, 0.3) is 5.57 Å². The van der Waals surface area contributed by atoms with Crippen molar-refractivity contribution in [3.8, 4) is 11.5 Å². The number of allylic oxidation sites excluding steroid dienone is 4. The lowest BCUT2D eigenvalue weighted by Crippen LogP contribution is -2.63. The molecule has 0 aromatic heterocycles. The second kappa shape index (κ2) is 47.7. The molecule has 0 saturated carbocycles. The molecule has 17 atom stereocenters. The second-order valence-corrected chi connectivity index (χ2v) is 38.7. The Morgan fingerprint density at radius 1 is 0.814 bits per heavy atom. The van der Waals surface area contributed by atoms with Gasteiger partial charge in [0.1, 0.15) is 76.7 Å². The van der Waals surface area contributed by atoms with Gasteiger partial charge in [0.05, 0.1) is 43.5 Å². The van der Waals surface area contributed by atoms with E-state index in [-0.39, 0.29) is 103 Å². The summed E-state index contributed by atoms with van der Waals surface area (Å²) in [6.45, 7) is 8.38. The van der Waals surface area contributed by atoms with Gasteiger partial charge < -0.3 is 97.5 Å². The van der Waals surface area contributed by atoms with Crippen LogP contribution < -0.4 is 63.6 Å². The normalized spacial score (nSPS) is 26.0. The van der Waals surface area contributed by atoms with Crippen molar-refractivity contribution >= 4 is 137 Å². The number of ether oxygens (including phenoxy) is 5. The number of aromatic hydroxyl groups is 1. The summed E-state index contributed by atoms with van der Waals surface area (Å²) < 4.78 is 29.8. The van der Waals surface area contributed by atoms with Gasteiger partial charge in [0.15, 0.2) is 11.5 Å². The maximum atomic E-state index is 15.5. The fraction of sp³-hybridized carbons (Fsp3) is 0.478. The first-order valence-electron chi connectivity index (χ1n) is 42.8. The van der Waals surface area contributed by atoms with Crippen LogP contribution in [0.1, 0.15) is 119 Å². The van der Waals surface area contributed by atoms with Crippen molar-refractivity contribution in [1.29, 1.82) is 0 Å². The number of carbonyl (C=O) groups is 12. The first kappa shape index (κ1) is 101. The van der Waals surface area contributed by atoms with E-state index in [9.17, 15) is 53.7 Å². The summed E-state index contributed by atoms with van der Waals surface area (Å²) in [5.74, 6) is -11.1. The quantitative estimate of drug-likeness (QED) is 0.0100. The molecule has 32 nitrogen and oxygen atoms in total. The zero-order valence-electron chi connectivity index (χ0n) is 73.6. The Hall–Kier alpha value is -9.99. The van der Waals surface area contributed by atoms with Crippen LogP contribution in [0.3, 0.4) is 0 Å². The molecule has 3 saturated heterocycles. The zero-order chi connectivity index (χ0) is 93.4. The lowest BCUT2D eigenvalue weighted by atomic mass is 9.83. The molecule has 0 unspecified atom stereocenters. The summed E-state index contributed by atoms with van der Waals surface area (Å²) in [5, 5.41) is 56.4. The SMILES string of the molecule is COc1cc2cc(c1Cl)N(C)C(=O)C[C@H](OC(=O)[C@H](C)N(C)C(=O)CCSSC[C@H](NC(=O)[C@@H]1CSSC[C@H](NC(=O)[C@@H](Cc3ccccc3)NCc3ccccc3)C(=O)C[C@@H](Cc3ccc(O)cc3)C(=O)N[C@H](CC3=CCc4ccccc43)C(=O)N[C@@H](CCCCN)C(=O)N[C@@H]([C@@H](C)O)C(=O)N1)C(N)=O)[C@]1(C)O[C@H]1[C@H](C)[C@@H]1C[C@@](O)(NC(=O)O1)[C@H](OC)/C=C/C=C(\C)C2. The number of aliphatic hydroxyl groups is 2. The number of phenolic OH excluding ortho intramolecular Hbond substituents is 1. The van der Waals surface area contributed by atoms with Crippen molar-refractivity contribution in [3.05, 3.63) is 190 Å². The topological polar surface area (TPSA) is 470 Å². The smallest absolute Gasteiger partial charge is 0.409 e. The van der Waals surface area contributed by atoms with Gasteiger partial charge in [-0.25, -0.2) is 9.59 Å². The van der Waals surface area contributed by atoms with Gasteiger partial charge in [0, 0.05) is 88.3 Å². The number of likely N-dealkylation sites (N-methyl/N-ethyl adjacent to an activating group) is 1. The fourth-order valence-corrected chi connectivity index (χ4v) is 20.6. The summed E-state index contributed by atoms with van der Waals surface area (Å²) >= 11 is 6.91. The number of esters is 1. The van der Waals surface area contributed by atoms with Crippen molar-refractivity contribution in [2.24, 2.45) is 23.3 Å². The van der Waals surface area contributed by atoms with E-state index in [0.717, 1.165) is 76.6 Å². The molecule has 1 aliphatic carbocycles. The van der Waals surface area contributed by atoms with Crippen LogP contribution in [0.15, 0.2) is 151 Å². The number of ketones is 1. The average Bonchev–Trinajstić information content (AvgIpc) is 1.57. The highest BCUT2D eigenvalue weighted by Gasteiger charge is 2.65. The van der Waals surface area contributed by atoms with Crippen LogP contribution in [-0.4, -0.2) is 239 Å². The number of fused-ring (bicyclic) bond motifs is 6. The minimum atomic E-state index is -1.95. The van der Waals surface area contributed by atoms with Crippen LogP contribution in [0, 0.1) is 11.8 Å². The molecule has 10 amide bonds. The summed E-state index contributed by atoms with van der Waals surface area (Å²) in [5.41, 5.74) is 15.1. The number of hydrogen-bond acceptors (Lipinski definition) is 26. The number of alkyl carbamates (subject to hydrolysis) is 1. The Kier molecular flexibility index (Phi) is 37.4. The number of rotatable bonds is 30. The van der Waals surface area contributed by atoms with Crippen molar-refractivity contribution in [2.45, 2.75) is 208 Å². The number of nitrogens with one attached hydrogen (secondary N) is 8. The summed E-state index contributed by atoms with van der Waals surface area (Å²) in [7, 11) is 9.90. The van der Waals surface area contributed by atoms with Gasteiger partial charge in [-0.3, -0.25) is 53.3 Å². The molecular weight excluding hydrogens is 1760 g/mol. The van der Waals surface area contributed by atoms with E-state index in [0.29, 0.717) is 30.4 Å². The van der Waals surface area contributed by atoms with Crippen molar-refractivity contribution in [1.82, 2.24) is 47.4 Å². The van der Waals surface area contributed by atoms with Gasteiger partial charge >= 0.3 is 12.1 Å². The van der Waals surface area contributed by atoms with E-state index in [1.165, 1.54) is 64.1 Å². The summed E-state index contributed by atoms with van der Waals surface area (Å²) in [4.78, 5) is 178. The van der Waals surface area contributed by atoms with E-state index in [2.05, 4.69) is 42.5 Å². The summed E-state index contributed by atoms with van der Waals surface area (Å²) in [6.07, 6.45) is 0.456. The molecule has 3 fully saturated rings. The van der Waals surface area contributed by atoms with Gasteiger partial charge in [-0.2, -0.15) is 0 Å². The highest BCUT2D eigenvalue weighted by atomic mass is 35.5. The summed E-state index contributed by atoms with van der Waals surface area (Å²) in [6, 6.07) is 24.4. The fourth-order valence-electron chi connectivity index (χ4n) is 15.8. The van der Waals surface area contributed by atoms with Crippen molar-refractivity contribution < 1.29 is 96.5 Å². The number of phenols is 1. The van der Waals surface area contributed by atoms with E-state index in [4.69, 9.17) is 46.8 Å². The molecule has 4 bridgehead atoms. The largest absolute Gasteiger partial charge is 0.508 e. The predicted octanol–water partition coefficient (Wildman–Crippen LogP) is 6.54. The molecule has 4 aliphatic heterocycles. The van der Waals surface area contributed by atoms with Crippen LogP contribution in [0.5, 0.6) is 11.5 Å². The molecule has 5 aromatic rings. The standard InChI is InChI=1S/C92H117ClN12O20S4/c1-52-21-20-29-75(122-9)92(120)47-74(123-90(119)103-92)53(2)81-91(5,125-81)76(46-78(110)105(7)71-42-59(39-52)43-73(121-8)79(71)93)124-89(118)54(3)104(6)77(109)36-38-126-127-50-69(82(95)111)100-87(116)70-51-129-128-49-68(99-85(114)66(41-56-22-12-10-13-23-56)96-48-58-24-14-11-15-25-58)72(108)45-62(40-57-30-34-63(107)35-31-57)83(112)98-67(44-61-33-32-60-26-16-17-27-64(60)61)86(115)97-65(28-18-19-37-94)84(113)102-80(55(4)106)88(117)101-70/h10-17,20-27,29-31,33-35,42-43,53-55,62,65-70,74-76,80-81,96,106-107,120H,18-19,28,32,36-41,44-51,94H2,1-9H3,(H2,95,111)(H,97,115)(H,98,112)(H,99,114)(H,100,116)(H,101,117)(H,102,113)(H,103,119)/b29-20+,52-21+/t53-,54+,55-,62-,65+,66-,67-,68+,69+,70+,74+,75-,76+,80+,81+,91+,92+/m1/s1.